The topological polar surface area (TPSA) is 421 Å². The quantitative estimate of drug-likeness (QED) is 0.0190. The van der Waals surface area contributed by atoms with Gasteiger partial charge in [0.05, 0.1) is 70.0 Å². The van der Waals surface area contributed by atoms with Crippen LogP contribution in [0.2, 0.25) is 0 Å². The minimum Gasteiger partial charge on any atom is -0.462 e. The van der Waals surface area contributed by atoms with Gasteiger partial charge in [-0.2, -0.15) is 0 Å². The van der Waals surface area contributed by atoms with Crippen molar-refractivity contribution in [3.8, 4) is 0 Å². The van der Waals surface area contributed by atoms with Crippen molar-refractivity contribution in [1.29, 1.82) is 0 Å². The van der Waals surface area contributed by atoms with Crippen molar-refractivity contribution in [2.75, 3.05) is 37.0 Å². The molecule has 6 aliphatic rings. The van der Waals surface area contributed by atoms with Gasteiger partial charge < -0.3 is 55.8 Å². The number of nitrogen functional groups attached to an aromatic ring is 3. The maximum absolute atomic E-state index is 14.1. The Morgan fingerprint density at radius 2 is 1.17 bits per heavy atom. The zero-order chi connectivity index (χ0) is 67.1. The average Bonchev–Trinajstić information content (AvgIpc) is 1.65. The molecule has 6 fully saturated rings. The second-order valence-electron chi connectivity index (χ2n) is 26.3. The summed E-state index contributed by atoms with van der Waals surface area (Å²) >= 11 is 0. The van der Waals surface area contributed by atoms with Gasteiger partial charge in [0.1, 0.15) is 59.9 Å². The highest BCUT2D eigenvalue weighted by Gasteiger charge is 2.51. The Hall–Kier alpha value is -6.99. The van der Waals surface area contributed by atoms with E-state index in [1.807, 2.05) is 0 Å². The molecule has 31 nitrogen and oxygen atoms in total. The lowest BCUT2D eigenvalue weighted by molar-refractivity contribution is -0.159. The molecular formula is C62H83N15O16P2. The van der Waals surface area contributed by atoms with E-state index in [1.165, 1.54) is 76.5 Å². The number of phosphoric acid groups is 2. The van der Waals surface area contributed by atoms with Crippen molar-refractivity contribution >= 4 is 78.5 Å². The molecule has 17 atom stereocenters. The fourth-order valence-electron chi connectivity index (χ4n) is 14.4. The third-order valence-electron chi connectivity index (χ3n) is 19.7. The van der Waals surface area contributed by atoms with E-state index in [0.29, 0.717) is 48.9 Å². The van der Waals surface area contributed by atoms with E-state index in [9.17, 15) is 33.6 Å². The lowest BCUT2D eigenvalue weighted by Gasteiger charge is -2.44. The Morgan fingerprint density at radius 1 is 0.674 bits per heavy atom. The summed E-state index contributed by atoms with van der Waals surface area (Å²) in [4.78, 5) is 87.6. The molecule has 0 aromatic carbocycles. The first-order valence-corrected chi connectivity index (χ1v) is 35.3. The molecule has 0 amide bonds. The van der Waals surface area contributed by atoms with Gasteiger partial charge in [0.15, 0.2) is 53.1 Å². The zero-order valence-electron chi connectivity index (χ0n) is 53.6. The van der Waals surface area contributed by atoms with Crippen molar-refractivity contribution in [2.45, 2.75) is 180 Å². The Morgan fingerprint density at radius 3 is 1.69 bits per heavy atom. The average molecular weight is 1360 g/mol. The van der Waals surface area contributed by atoms with Crippen LogP contribution in [0, 0.1) is 35.0 Å². The van der Waals surface area contributed by atoms with Crippen LogP contribution < -0.4 is 17.2 Å². The van der Waals surface area contributed by atoms with Crippen LogP contribution in [0.4, 0.5) is 17.5 Å². The number of aliphatic hydroxyl groups is 1. The number of nitrogens with two attached hydrogens (primary N) is 3. The number of carbonyl (C=O) groups excluding carboxylic acids is 2. The SMILES string of the molecule is C=C1CC[C@@H](OC(=O)CCC(=O)OC2CC(COP(=O)(O)OC3CC(COP(=O)(O)OC4CC(CO)OC4n4cnc5c(N)ncnc54)OC3n3cnc4c(N)ncnc43)OC2n2cnc3c(N)ncnc32)C/C1=C/C=C1\CCC[C@]2(C)[C@@H]([C@@H](C)/C=C/[C@H](C)C(C)C)CC[C@@H]12. The fourth-order valence-corrected chi connectivity index (χ4v) is 16.3. The van der Waals surface area contributed by atoms with Gasteiger partial charge in [0.2, 0.25) is 0 Å². The van der Waals surface area contributed by atoms with Gasteiger partial charge >= 0.3 is 27.6 Å². The number of esters is 2. The largest absolute Gasteiger partial charge is 0.472 e. The second-order valence-corrected chi connectivity index (χ2v) is 29.1. The van der Waals surface area contributed by atoms with E-state index in [4.69, 9.17) is 59.0 Å². The first kappa shape index (κ1) is 68.0. The van der Waals surface area contributed by atoms with Crippen LogP contribution in [-0.4, -0.2) is 148 Å². The van der Waals surface area contributed by atoms with Gasteiger partial charge in [-0.25, -0.2) is 54.0 Å². The minimum absolute atomic E-state index is 0.0262. The normalized spacial score (nSPS) is 30.9. The van der Waals surface area contributed by atoms with Crippen LogP contribution in [0.1, 0.15) is 137 Å². The van der Waals surface area contributed by atoms with Crippen molar-refractivity contribution in [1.82, 2.24) is 58.6 Å². The molecule has 33 heteroatoms. The lowest BCUT2D eigenvalue weighted by Crippen LogP contribution is -2.35. The molecule has 12 rings (SSSR count). The summed E-state index contributed by atoms with van der Waals surface area (Å²) in [6.07, 6.45) is 13.3. The second kappa shape index (κ2) is 28.2. The summed E-state index contributed by atoms with van der Waals surface area (Å²) < 4.78 is 85.4. The summed E-state index contributed by atoms with van der Waals surface area (Å²) in [5.41, 5.74) is 23.4. The summed E-state index contributed by atoms with van der Waals surface area (Å²) in [5.74, 6) is 1.71. The standard InChI is InChI=1S/C62H83N15O16P2/c1-33(2)34(3)9-10-36(5)43-15-16-44-37(8-7-19-62(43,44)6)12-13-38-20-39(14-11-35(38)4)87-48(79)17-18-49(80)91-45-22-41(89-59(45)75-30-72-50-53(63)66-27-69-56(50)75)25-85-95(83,84)93-47-23-42(90-61(47)77-32-74-52-55(65)68-29-71-58(52)77)26-86-94(81,82)92-46-21-40(24-78)88-60(46)76-31-73-51-54(64)67-28-70-57(51)76/h9-10,12-13,27-34,36,39-47,59-61,78H,4,7-8,11,14-26H2,1-3,5-6H3,(H,81,82)(H,83,84)(H2,63,66,69)(H2,64,67,70)(H2,65,68,71)/b10-9+,37-12+,38-13-/t34-,36-,39+,40?,41?,42?,43+,44-,45?,46?,47?,59?,60?,61?,62+/m0/s1. The van der Waals surface area contributed by atoms with Crippen LogP contribution in [0.5, 0.6) is 0 Å². The summed E-state index contributed by atoms with van der Waals surface area (Å²) in [6, 6.07) is 0. The van der Waals surface area contributed by atoms with Crippen molar-refractivity contribution < 1.29 is 75.4 Å². The van der Waals surface area contributed by atoms with Gasteiger partial charge in [-0.05, 0) is 85.5 Å². The molecule has 3 saturated heterocycles. The number of fused-ring (bicyclic) bond motifs is 4. The van der Waals surface area contributed by atoms with Crippen LogP contribution in [0.25, 0.3) is 33.5 Å². The van der Waals surface area contributed by atoms with Crippen molar-refractivity contribution in [3.05, 3.63) is 85.6 Å². The third-order valence-corrected chi connectivity index (χ3v) is 21.8. The summed E-state index contributed by atoms with van der Waals surface area (Å²) in [7, 11) is -10.1. The Bertz CT molecular complexity index is 4010. The monoisotopic (exact) mass is 1360 g/mol. The van der Waals surface area contributed by atoms with Crippen LogP contribution in [0.15, 0.2) is 85.6 Å². The highest BCUT2D eigenvalue weighted by atomic mass is 31.2. The first-order chi connectivity index (χ1) is 45.4. The van der Waals surface area contributed by atoms with Crippen LogP contribution in [-0.2, 0) is 60.5 Å². The fraction of sp³-hybridized carbons (Fsp3) is 0.597. The number of rotatable bonds is 24. The Balaban J connectivity index is 0.672. The molecule has 512 valence electrons. The number of aromatic nitrogens is 12. The molecule has 95 heavy (non-hydrogen) atoms. The first-order valence-electron chi connectivity index (χ1n) is 32.3. The van der Waals surface area contributed by atoms with Gasteiger partial charge in [0.25, 0.3) is 0 Å². The molecule has 0 bridgehead atoms. The lowest BCUT2D eigenvalue weighted by atomic mass is 9.61. The number of aliphatic hydroxyl groups excluding tert-OH is 1. The molecule has 3 aliphatic carbocycles. The molecule has 6 aromatic heterocycles. The number of allylic oxidation sites excluding steroid dienone is 6. The molecule has 0 radical (unpaired) electrons. The number of nitrogens with zero attached hydrogens (tertiary/aromatic N) is 12. The minimum atomic E-state index is -5.12. The van der Waals surface area contributed by atoms with E-state index < -0.39 is 109 Å². The van der Waals surface area contributed by atoms with E-state index in [1.54, 1.807) is 0 Å². The summed E-state index contributed by atoms with van der Waals surface area (Å²) in [6.45, 7) is 14.5. The number of carbonyl (C=O) groups is 2. The van der Waals surface area contributed by atoms with E-state index in [2.05, 4.69) is 110 Å². The van der Waals surface area contributed by atoms with Gasteiger partial charge in [-0.15, -0.1) is 0 Å². The predicted molar refractivity (Wildman–Crippen MR) is 342 cm³/mol. The van der Waals surface area contributed by atoms with Gasteiger partial charge in [0, 0.05) is 25.7 Å². The number of ether oxygens (including phenoxy) is 5. The number of hydrogen-bond acceptors (Lipinski definition) is 26. The zero-order valence-corrected chi connectivity index (χ0v) is 55.4. The van der Waals surface area contributed by atoms with Crippen LogP contribution >= 0.6 is 15.6 Å². The smallest absolute Gasteiger partial charge is 0.462 e. The molecule has 6 aromatic rings. The van der Waals surface area contributed by atoms with Crippen molar-refractivity contribution in [3.63, 3.8) is 0 Å². The number of anilines is 3. The molecule has 9 heterocycles. The van der Waals surface area contributed by atoms with Gasteiger partial charge in [-0.3, -0.25) is 41.4 Å². The summed E-state index contributed by atoms with van der Waals surface area (Å²) in [5, 5.41) is 10.00. The van der Waals surface area contributed by atoms with E-state index >= 15 is 0 Å². The highest BCUT2D eigenvalue weighted by Crippen LogP contribution is 2.60. The molecule has 9 N–H and O–H groups in total. The molecular weight excluding hydrogens is 1270 g/mol. The predicted octanol–water partition coefficient (Wildman–Crippen LogP) is 8.01. The maximum atomic E-state index is 14.1. The number of hydrogen-bond donors (Lipinski definition) is 6. The number of imidazole rings is 3. The maximum Gasteiger partial charge on any atom is 0.472 e. The number of phosphoric ester groups is 2. The Labute approximate surface area is 547 Å². The van der Waals surface area contributed by atoms with E-state index in [0.717, 1.165) is 24.0 Å². The molecule has 0 spiro atoms. The molecule has 11 unspecified atom stereocenters. The Kier molecular flexibility index (Phi) is 20.2. The molecule has 3 aliphatic heterocycles. The van der Waals surface area contributed by atoms with Crippen molar-refractivity contribution in [2.24, 2.45) is 35.0 Å². The van der Waals surface area contributed by atoms with Gasteiger partial charge in [-0.1, -0.05) is 76.6 Å². The van der Waals surface area contributed by atoms with E-state index in [-0.39, 0.29) is 88.5 Å². The van der Waals surface area contributed by atoms with Crippen LogP contribution in [0.3, 0.4) is 0 Å². The molecule has 3 saturated carbocycles. The third kappa shape index (κ3) is 14.8. The highest BCUT2D eigenvalue weighted by molar-refractivity contribution is 7.47.